The molecular formula is C20H21N3O2. The number of nitrogens with one attached hydrogen (secondary N) is 1. The maximum Gasteiger partial charge on any atom is 0.223 e. The van der Waals surface area contributed by atoms with Crippen LogP contribution in [0.5, 0.6) is 5.75 Å². The summed E-state index contributed by atoms with van der Waals surface area (Å²) in [5.41, 5.74) is 2.05. The maximum atomic E-state index is 12.3. The van der Waals surface area contributed by atoms with Gasteiger partial charge in [-0.05, 0) is 37.0 Å². The molecule has 0 saturated carbocycles. The van der Waals surface area contributed by atoms with Crippen molar-refractivity contribution in [1.82, 2.24) is 15.3 Å². The fourth-order valence-electron chi connectivity index (χ4n) is 3.46. The third kappa shape index (κ3) is 3.40. The minimum Gasteiger partial charge on any atom is -0.487 e. The normalized spacial score (nSPS) is 21.4. The highest BCUT2D eigenvalue weighted by molar-refractivity contribution is 5.79. The quantitative estimate of drug-likeness (QED) is 0.873. The standard InChI is InChI=1S/C20H21N3O2/c24-20(14-6-2-1-3-7-14)23-13-16-12-15-8-4-9-17(18(15)25-16)19-21-10-5-11-22-19/h1-2,4-5,8-11,14,16H,3,6-7,12-13H2,(H,23,24). The van der Waals surface area contributed by atoms with Crippen LogP contribution < -0.4 is 10.1 Å². The molecule has 2 atom stereocenters. The van der Waals surface area contributed by atoms with E-state index in [9.17, 15) is 4.79 Å². The van der Waals surface area contributed by atoms with Crippen LogP contribution in [0.1, 0.15) is 24.8 Å². The second-order valence-electron chi connectivity index (χ2n) is 6.54. The Morgan fingerprint density at radius 3 is 2.88 bits per heavy atom. The number of aromatic nitrogens is 2. The lowest BCUT2D eigenvalue weighted by atomic mass is 9.93. The highest BCUT2D eigenvalue weighted by Gasteiger charge is 2.27. The summed E-state index contributed by atoms with van der Waals surface area (Å²) >= 11 is 0. The summed E-state index contributed by atoms with van der Waals surface area (Å²) in [4.78, 5) is 20.9. The zero-order valence-electron chi connectivity index (χ0n) is 14.0. The van der Waals surface area contributed by atoms with Crippen LogP contribution in [-0.2, 0) is 11.2 Å². The van der Waals surface area contributed by atoms with Gasteiger partial charge in [0.05, 0.1) is 12.1 Å². The van der Waals surface area contributed by atoms with Crippen molar-refractivity contribution < 1.29 is 9.53 Å². The molecule has 1 aliphatic heterocycles. The second kappa shape index (κ2) is 7.05. The topological polar surface area (TPSA) is 64.1 Å². The number of nitrogens with zero attached hydrogens (tertiary/aromatic N) is 2. The van der Waals surface area contributed by atoms with Gasteiger partial charge < -0.3 is 10.1 Å². The van der Waals surface area contributed by atoms with E-state index in [2.05, 4.69) is 33.5 Å². The van der Waals surface area contributed by atoms with Crippen molar-refractivity contribution in [3.05, 3.63) is 54.4 Å². The van der Waals surface area contributed by atoms with Crippen molar-refractivity contribution >= 4 is 5.91 Å². The molecule has 1 aromatic carbocycles. The summed E-state index contributed by atoms with van der Waals surface area (Å²) in [5, 5.41) is 3.06. The molecule has 0 fully saturated rings. The average molecular weight is 335 g/mol. The Bertz CT molecular complexity index is 789. The molecule has 4 rings (SSSR count). The zero-order chi connectivity index (χ0) is 17.1. The van der Waals surface area contributed by atoms with Crippen LogP contribution in [-0.4, -0.2) is 28.5 Å². The number of allylic oxidation sites excluding steroid dienone is 2. The number of amides is 1. The minimum atomic E-state index is -0.0389. The van der Waals surface area contributed by atoms with Gasteiger partial charge in [0.2, 0.25) is 5.91 Å². The van der Waals surface area contributed by atoms with Gasteiger partial charge in [0, 0.05) is 24.7 Å². The Morgan fingerprint density at radius 2 is 2.08 bits per heavy atom. The number of carbonyl (C=O) groups excluding carboxylic acids is 1. The summed E-state index contributed by atoms with van der Waals surface area (Å²) < 4.78 is 6.12. The molecule has 1 aromatic heterocycles. The monoisotopic (exact) mass is 335 g/mol. The smallest absolute Gasteiger partial charge is 0.223 e. The lowest BCUT2D eigenvalue weighted by molar-refractivity contribution is -0.125. The van der Waals surface area contributed by atoms with Gasteiger partial charge >= 0.3 is 0 Å². The van der Waals surface area contributed by atoms with Crippen molar-refractivity contribution in [3.8, 4) is 17.1 Å². The average Bonchev–Trinajstić information content (AvgIpc) is 3.10. The van der Waals surface area contributed by atoms with E-state index in [1.807, 2.05) is 12.1 Å². The first-order chi connectivity index (χ1) is 12.3. The van der Waals surface area contributed by atoms with Crippen LogP contribution in [0.25, 0.3) is 11.4 Å². The Morgan fingerprint density at radius 1 is 1.20 bits per heavy atom. The largest absolute Gasteiger partial charge is 0.487 e. The lowest BCUT2D eigenvalue weighted by Crippen LogP contribution is -2.38. The zero-order valence-corrected chi connectivity index (χ0v) is 14.0. The van der Waals surface area contributed by atoms with Crippen molar-refractivity contribution in [1.29, 1.82) is 0 Å². The van der Waals surface area contributed by atoms with Crippen LogP contribution in [0, 0.1) is 5.92 Å². The maximum absolute atomic E-state index is 12.3. The molecular weight excluding hydrogens is 314 g/mol. The second-order valence-corrected chi connectivity index (χ2v) is 6.54. The number of carbonyl (C=O) groups is 1. The van der Waals surface area contributed by atoms with E-state index in [1.54, 1.807) is 18.5 Å². The Balaban J connectivity index is 1.41. The lowest BCUT2D eigenvalue weighted by Gasteiger charge is -2.19. The van der Waals surface area contributed by atoms with Crippen molar-refractivity contribution in [2.24, 2.45) is 5.92 Å². The van der Waals surface area contributed by atoms with E-state index in [0.717, 1.165) is 42.6 Å². The van der Waals surface area contributed by atoms with Crippen LogP contribution >= 0.6 is 0 Å². The van der Waals surface area contributed by atoms with Crippen LogP contribution in [0.4, 0.5) is 0 Å². The van der Waals surface area contributed by atoms with Gasteiger partial charge in [-0.15, -0.1) is 0 Å². The fourth-order valence-corrected chi connectivity index (χ4v) is 3.46. The van der Waals surface area contributed by atoms with Crippen molar-refractivity contribution in [2.45, 2.75) is 31.8 Å². The summed E-state index contributed by atoms with van der Waals surface area (Å²) in [6.45, 7) is 0.531. The molecule has 1 amide bonds. The summed E-state index contributed by atoms with van der Waals surface area (Å²) in [6.07, 6.45) is 11.2. The molecule has 2 unspecified atom stereocenters. The van der Waals surface area contributed by atoms with E-state index in [1.165, 1.54) is 0 Å². The first kappa shape index (κ1) is 15.8. The number of para-hydroxylation sites is 1. The van der Waals surface area contributed by atoms with E-state index in [4.69, 9.17) is 4.74 Å². The predicted molar refractivity (Wildman–Crippen MR) is 95.1 cm³/mol. The number of benzene rings is 1. The number of fused-ring (bicyclic) bond motifs is 1. The molecule has 2 heterocycles. The number of hydrogen-bond acceptors (Lipinski definition) is 4. The van der Waals surface area contributed by atoms with Gasteiger partial charge in [0.1, 0.15) is 11.9 Å². The van der Waals surface area contributed by atoms with Gasteiger partial charge in [-0.1, -0.05) is 24.3 Å². The molecule has 1 aliphatic carbocycles. The summed E-state index contributed by atoms with van der Waals surface area (Å²) in [7, 11) is 0. The van der Waals surface area contributed by atoms with E-state index in [-0.39, 0.29) is 17.9 Å². The van der Waals surface area contributed by atoms with Gasteiger partial charge in [0.25, 0.3) is 0 Å². The molecule has 128 valence electrons. The Labute approximate surface area is 147 Å². The highest BCUT2D eigenvalue weighted by atomic mass is 16.5. The summed E-state index contributed by atoms with van der Waals surface area (Å²) in [5.74, 6) is 1.74. The van der Waals surface area contributed by atoms with Crippen LogP contribution in [0.2, 0.25) is 0 Å². The first-order valence-corrected chi connectivity index (χ1v) is 8.80. The van der Waals surface area contributed by atoms with Crippen molar-refractivity contribution in [3.63, 3.8) is 0 Å². The molecule has 2 aliphatic rings. The first-order valence-electron chi connectivity index (χ1n) is 8.80. The minimum absolute atomic E-state index is 0.0389. The number of hydrogen-bond donors (Lipinski definition) is 1. The number of ether oxygens (including phenoxy) is 1. The molecule has 0 spiro atoms. The van der Waals surface area contributed by atoms with E-state index >= 15 is 0 Å². The third-order valence-corrected chi connectivity index (χ3v) is 4.78. The molecule has 5 nitrogen and oxygen atoms in total. The van der Waals surface area contributed by atoms with Crippen LogP contribution in [0.15, 0.2) is 48.8 Å². The molecule has 0 radical (unpaired) electrons. The van der Waals surface area contributed by atoms with E-state index in [0.29, 0.717) is 12.4 Å². The molecule has 0 saturated heterocycles. The molecule has 25 heavy (non-hydrogen) atoms. The predicted octanol–water partition coefficient (Wildman–Crippen LogP) is 2.92. The highest BCUT2D eigenvalue weighted by Crippen LogP contribution is 2.37. The fraction of sp³-hybridized carbons (Fsp3) is 0.350. The van der Waals surface area contributed by atoms with E-state index < -0.39 is 0 Å². The van der Waals surface area contributed by atoms with Gasteiger partial charge in [-0.3, -0.25) is 4.79 Å². The van der Waals surface area contributed by atoms with Crippen molar-refractivity contribution in [2.75, 3.05) is 6.54 Å². The Kier molecular flexibility index (Phi) is 4.46. The van der Waals surface area contributed by atoms with Gasteiger partial charge in [-0.2, -0.15) is 0 Å². The number of rotatable bonds is 4. The third-order valence-electron chi connectivity index (χ3n) is 4.78. The summed E-state index contributed by atoms with van der Waals surface area (Å²) in [6, 6.07) is 7.84. The van der Waals surface area contributed by atoms with Gasteiger partial charge in [-0.25, -0.2) is 9.97 Å². The molecule has 5 heteroatoms. The molecule has 0 bridgehead atoms. The SMILES string of the molecule is O=C(NCC1Cc2cccc(-c3ncccn3)c2O1)C1CC=CCC1. The van der Waals surface area contributed by atoms with Gasteiger partial charge in [0.15, 0.2) is 5.82 Å². The Hall–Kier alpha value is -2.69. The molecule has 1 N–H and O–H groups in total. The van der Waals surface area contributed by atoms with Crippen LogP contribution in [0.3, 0.4) is 0 Å². The molecule has 2 aromatic rings.